The predicted molar refractivity (Wildman–Crippen MR) is 85.9 cm³/mol. The summed E-state index contributed by atoms with van der Waals surface area (Å²) in [5.41, 5.74) is 1.42. The van der Waals surface area contributed by atoms with Crippen molar-refractivity contribution in [3.8, 4) is 0 Å². The summed E-state index contributed by atoms with van der Waals surface area (Å²) in [6, 6.07) is 0.413. The van der Waals surface area contributed by atoms with Crippen LogP contribution in [-0.4, -0.2) is 27.2 Å². The van der Waals surface area contributed by atoms with E-state index in [2.05, 4.69) is 15.3 Å². The van der Waals surface area contributed by atoms with Gasteiger partial charge in [0.15, 0.2) is 0 Å². The summed E-state index contributed by atoms with van der Waals surface area (Å²) >= 11 is 3.36. The Labute approximate surface area is 131 Å². The van der Waals surface area contributed by atoms with E-state index in [0.29, 0.717) is 6.04 Å². The molecule has 0 radical (unpaired) electrons. The zero-order valence-electron chi connectivity index (χ0n) is 11.9. The normalized spacial score (nSPS) is 18.7. The number of hydrogen-bond donors (Lipinski definition) is 1. The molecule has 1 unspecified atom stereocenters. The summed E-state index contributed by atoms with van der Waals surface area (Å²) in [6.07, 6.45) is 7.39. The molecule has 1 N–H and O–H groups in total. The fourth-order valence-electron chi connectivity index (χ4n) is 2.76. The predicted octanol–water partition coefficient (Wildman–Crippen LogP) is 2.94. The summed E-state index contributed by atoms with van der Waals surface area (Å²) in [7, 11) is 0. The first-order valence-electron chi connectivity index (χ1n) is 7.44. The van der Waals surface area contributed by atoms with E-state index in [1.807, 2.05) is 6.92 Å². The molecular formula is C15H17N3OS2. The minimum Gasteiger partial charge on any atom is -0.352 e. The Hall–Kier alpha value is -1.14. The lowest BCUT2D eigenvalue weighted by Gasteiger charge is -2.11. The van der Waals surface area contributed by atoms with Crippen LogP contribution in [0.4, 0.5) is 0 Å². The van der Waals surface area contributed by atoms with Crippen LogP contribution in [-0.2, 0) is 17.6 Å². The summed E-state index contributed by atoms with van der Waals surface area (Å²) in [6.45, 7) is 1.96. The largest absolute Gasteiger partial charge is 0.352 e. The number of nitrogens with one attached hydrogen (secondary N) is 1. The van der Waals surface area contributed by atoms with E-state index in [4.69, 9.17) is 0 Å². The Kier molecular flexibility index (Phi) is 3.38. The molecule has 21 heavy (non-hydrogen) atoms. The number of hydrogen-bond acceptors (Lipinski definition) is 5. The molecule has 4 nitrogen and oxygen atoms in total. The number of nitrogens with zero attached hydrogens (tertiary/aromatic N) is 2. The van der Waals surface area contributed by atoms with Gasteiger partial charge in [0.05, 0.1) is 5.25 Å². The first-order chi connectivity index (χ1) is 10.2. The fraction of sp³-hybridized carbons (Fsp3) is 0.533. The van der Waals surface area contributed by atoms with Crippen LogP contribution in [0.3, 0.4) is 0 Å². The van der Waals surface area contributed by atoms with Crippen LogP contribution in [0.25, 0.3) is 10.2 Å². The molecule has 0 aliphatic heterocycles. The summed E-state index contributed by atoms with van der Waals surface area (Å²) in [5, 5.41) is 5.13. The van der Waals surface area contributed by atoms with Crippen molar-refractivity contribution in [1.82, 2.24) is 15.3 Å². The highest BCUT2D eigenvalue weighted by Gasteiger charge is 2.27. The number of thiophene rings is 1. The Morgan fingerprint density at radius 2 is 2.29 bits per heavy atom. The number of rotatable bonds is 4. The van der Waals surface area contributed by atoms with E-state index >= 15 is 0 Å². The molecule has 2 aromatic heterocycles. The highest BCUT2D eigenvalue weighted by atomic mass is 32.2. The zero-order chi connectivity index (χ0) is 14.4. The van der Waals surface area contributed by atoms with Crippen LogP contribution in [0.2, 0.25) is 0 Å². The molecule has 2 aliphatic carbocycles. The zero-order valence-corrected chi connectivity index (χ0v) is 13.5. The second-order valence-corrected chi connectivity index (χ2v) is 8.17. The molecule has 110 valence electrons. The molecule has 6 heteroatoms. The van der Waals surface area contributed by atoms with Crippen molar-refractivity contribution < 1.29 is 4.79 Å². The van der Waals surface area contributed by atoms with Crippen molar-refractivity contribution in [2.45, 2.75) is 55.3 Å². The van der Waals surface area contributed by atoms with Crippen molar-refractivity contribution >= 4 is 39.2 Å². The van der Waals surface area contributed by atoms with Gasteiger partial charge in [-0.15, -0.1) is 11.3 Å². The van der Waals surface area contributed by atoms with Crippen LogP contribution in [0.15, 0.2) is 11.4 Å². The van der Waals surface area contributed by atoms with Gasteiger partial charge in [-0.25, -0.2) is 9.97 Å². The van der Waals surface area contributed by atoms with Crippen LogP contribution >= 0.6 is 23.1 Å². The maximum Gasteiger partial charge on any atom is 0.233 e. The van der Waals surface area contributed by atoms with Gasteiger partial charge in [0.2, 0.25) is 5.91 Å². The number of amides is 1. The van der Waals surface area contributed by atoms with E-state index in [1.54, 1.807) is 29.4 Å². The minimum absolute atomic E-state index is 0.111. The number of carbonyl (C=O) groups excluding carboxylic acids is 1. The summed E-state index contributed by atoms with van der Waals surface area (Å²) in [5.74, 6) is 0.126. The number of fused-ring (bicyclic) bond motifs is 3. The second-order valence-electron chi connectivity index (χ2n) is 5.76. The van der Waals surface area contributed by atoms with Gasteiger partial charge in [-0.3, -0.25) is 4.79 Å². The fourth-order valence-corrected chi connectivity index (χ4v) is 5.01. The molecule has 4 rings (SSSR count). The van der Waals surface area contributed by atoms with Gasteiger partial charge in [0.25, 0.3) is 0 Å². The Balaban J connectivity index is 1.62. The molecule has 2 heterocycles. The first kappa shape index (κ1) is 13.5. The lowest BCUT2D eigenvalue weighted by atomic mass is 10.2. The standard InChI is InChI=1S/C15H17N3OS2/c1-8(13(19)18-9-5-6-9)20-14-12-10-3-2-4-11(10)21-15(12)17-7-16-14/h7-9H,2-6H2,1H3,(H,18,19). The number of carbonyl (C=O) groups is 1. The third-order valence-corrected chi connectivity index (χ3v) is 6.35. The highest BCUT2D eigenvalue weighted by molar-refractivity contribution is 8.00. The molecule has 0 bridgehead atoms. The van der Waals surface area contributed by atoms with Gasteiger partial charge in [0.1, 0.15) is 16.2 Å². The van der Waals surface area contributed by atoms with Crippen molar-refractivity contribution in [3.63, 3.8) is 0 Å². The van der Waals surface area contributed by atoms with E-state index < -0.39 is 0 Å². The van der Waals surface area contributed by atoms with Crippen LogP contribution < -0.4 is 5.32 Å². The van der Waals surface area contributed by atoms with Crippen LogP contribution in [0.5, 0.6) is 0 Å². The van der Waals surface area contributed by atoms with Crippen molar-refractivity contribution in [1.29, 1.82) is 0 Å². The van der Waals surface area contributed by atoms with E-state index in [-0.39, 0.29) is 11.2 Å². The third kappa shape index (κ3) is 2.55. The average molecular weight is 319 g/mol. The van der Waals surface area contributed by atoms with Crippen LogP contribution in [0, 0.1) is 0 Å². The van der Waals surface area contributed by atoms with E-state index in [1.165, 1.54) is 22.2 Å². The lowest BCUT2D eigenvalue weighted by Crippen LogP contribution is -2.32. The Bertz CT molecular complexity index is 708. The molecule has 0 saturated heterocycles. The molecule has 1 saturated carbocycles. The molecular weight excluding hydrogens is 302 g/mol. The molecule has 1 fully saturated rings. The summed E-state index contributed by atoms with van der Waals surface area (Å²) in [4.78, 5) is 23.5. The maximum atomic E-state index is 12.1. The maximum absolute atomic E-state index is 12.1. The molecule has 0 spiro atoms. The highest BCUT2D eigenvalue weighted by Crippen LogP contribution is 2.40. The lowest BCUT2D eigenvalue weighted by molar-refractivity contribution is -0.120. The van der Waals surface area contributed by atoms with E-state index in [9.17, 15) is 4.79 Å². The first-order valence-corrected chi connectivity index (χ1v) is 9.14. The van der Waals surface area contributed by atoms with Crippen molar-refractivity contribution in [2.24, 2.45) is 0 Å². The van der Waals surface area contributed by atoms with Gasteiger partial charge in [-0.2, -0.15) is 0 Å². The SMILES string of the molecule is CC(Sc1ncnc2sc3c(c12)CCC3)C(=O)NC1CC1. The number of thioether (sulfide) groups is 1. The van der Waals surface area contributed by atoms with Gasteiger partial charge >= 0.3 is 0 Å². The average Bonchev–Trinajstić information content (AvgIpc) is 3.03. The topological polar surface area (TPSA) is 54.9 Å². The molecule has 2 aliphatic rings. The number of aryl methyl sites for hydroxylation is 2. The van der Waals surface area contributed by atoms with Crippen molar-refractivity contribution in [3.05, 3.63) is 16.8 Å². The monoisotopic (exact) mass is 319 g/mol. The molecule has 1 amide bonds. The third-order valence-electron chi connectivity index (χ3n) is 4.05. The second kappa shape index (κ2) is 5.25. The quantitative estimate of drug-likeness (QED) is 0.695. The van der Waals surface area contributed by atoms with Gasteiger partial charge in [-0.05, 0) is 44.6 Å². The molecule has 0 aromatic carbocycles. The van der Waals surface area contributed by atoms with E-state index in [0.717, 1.165) is 35.5 Å². The molecule has 2 aromatic rings. The van der Waals surface area contributed by atoms with Gasteiger partial charge < -0.3 is 5.32 Å². The van der Waals surface area contributed by atoms with Gasteiger partial charge in [-0.1, -0.05) is 11.8 Å². The minimum atomic E-state index is -0.111. The Morgan fingerprint density at radius 1 is 1.43 bits per heavy atom. The smallest absolute Gasteiger partial charge is 0.233 e. The van der Waals surface area contributed by atoms with Crippen LogP contribution in [0.1, 0.15) is 36.6 Å². The van der Waals surface area contributed by atoms with Gasteiger partial charge in [0, 0.05) is 16.3 Å². The number of aromatic nitrogens is 2. The van der Waals surface area contributed by atoms with Crippen molar-refractivity contribution in [2.75, 3.05) is 0 Å². The Morgan fingerprint density at radius 3 is 3.10 bits per heavy atom. The summed E-state index contributed by atoms with van der Waals surface area (Å²) < 4.78 is 0. The molecule has 1 atom stereocenters.